The Kier molecular flexibility index (Phi) is 7.71. The van der Waals surface area contributed by atoms with E-state index in [2.05, 4.69) is 20.5 Å². The summed E-state index contributed by atoms with van der Waals surface area (Å²) in [4.78, 5) is 31.0. The number of fused-ring (bicyclic) bond motifs is 2. The second-order valence-corrected chi connectivity index (χ2v) is 12.0. The topological polar surface area (TPSA) is 107 Å². The Hall–Kier alpha value is -2.41. The van der Waals surface area contributed by atoms with Crippen molar-refractivity contribution in [3.63, 3.8) is 0 Å². The number of nitrogens with zero attached hydrogens (tertiary/aromatic N) is 3. The van der Waals surface area contributed by atoms with Gasteiger partial charge in [-0.2, -0.15) is 0 Å². The zero-order valence-corrected chi connectivity index (χ0v) is 22.1. The van der Waals surface area contributed by atoms with Crippen molar-refractivity contribution in [2.45, 2.75) is 47.9 Å². The van der Waals surface area contributed by atoms with Crippen LogP contribution in [0.4, 0.5) is 5.00 Å². The number of ether oxygens (including phenoxy) is 1. The van der Waals surface area contributed by atoms with E-state index in [-0.39, 0.29) is 17.6 Å². The molecule has 1 amide bonds. The van der Waals surface area contributed by atoms with Gasteiger partial charge in [-0.25, -0.2) is 9.78 Å². The number of hydrogen-bond donors (Lipinski definition) is 1. The second-order valence-electron chi connectivity index (χ2n) is 7.67. The Bertz CT molecular complexity index is 1330. The fraction of sp³-hybridized carbons (Fsp3) is 0.348. The lowest BCUT2D eigenvalue weighted by atomic mass is 9.95. The number of para-hydroxylation sites is 1. The highest BCUT2D eigenvalue weighted by atomic mass is 32.2. The fourth-order valence-corrected chi connectivity index (χ4v) is 7.53. The molecule has 0 unspecified atom stereocenters. The number of thioether (sulfide) groups is 2. The number of aromatic nitrogens is 3. The van der Waals surface area contributed by atoms with E-state index in [1.165, 1.54) is 23.1 Å². The minimum absolute atomic E-state index is 0.0947. The van der Waals surface area contributed by atoms with E-state index >= 15 is 0 Å². The number of anilines is 1. The molecule has 0 radical (unpaired) electrons. The van der Waals surface area contributed by atoms with Crippen LogP contribution in [-0.2, 0) is 28.1 Å². The monoisotopic (exact) mass is 546 g/mol. The van der Waals surface area contributed by atoms with Crippen LogP contribution in [0.5, 0.6) is 0 Å². The Morgan fingerprint density at radius 3 is 2.86 bits per heavy atom. The standard InChI is InChI=1S/C23H22N4O4S4/c1-2-30-21(29)19-13-7-3-5-9-15(13)34-20(19)25-17(28)11-32-22-27-26-18(31-22)12-33-23-24-14-8-4-6-10-16(14)35-23/h4,6,8,10H,2-3,5,7,9,11-12H2,1H3,(H,25,28). The number of thiazole rings is 1. The van der Waals surface area contributed by atoms with Crippen LogP contribution in [0, 0.1) is 0 Å². The molecule has 0 atom stereocenters. The first-order chi connectivity index (χ1) is 17.1. The van der Waals surface area contributed by atoms with Crippen molar-refractivity contribution in [1.29, 1.82) is 0 Å². The van der Waals surface area contributed by atoms with Crippen molar-refractivity contribution in [1.82, 2.24) is 15.2 Å². The summed E-state index contributed by atoms with van der Waals surface area (Å²) in [6.45, 7) is 2.07. The molecule has 0 bridgehead atoms. The van der Waals surface area contributed by atoms with Crippen molar-refractivity contribution in [3.05, 3.63) is 46.2 Å². The molecule has 182 valence electrons. The number of amides is 1. The number of thiophene rings is 1. The molecule has 8 nitrogen and oxygen atoms in total. The van der Waals surface area contributed by atoms with Gasteiger partial charge in [0.05, 0.1) is 33.9 Å². The van der Waals surface area contributed by atoms with Crippen LogP contribution in [-0.4, -0.2) is 39.4 Å². The second kappa shape index (κ2) is 11.1. The van der Waals surface area contributed by atoms with Gasteiger partial charge in [-0.1, -0.05) is 35.7 Å². The molecule has 1 aliphatic carbocycles. The maximum absolute atomic E-state index is 12.7. The van der Waals surface area contributed by atoms with Gasteiger partial charge in [-0.3, -0.25) is 4.79 Å². The van der Waals surface area contributed by atoms with Gasteiger partial charge in [0.25, 0.3) is 5.22 Å². The van der Waals surface area contributed by atoms with Crippen LogP contribution >= 0.6 is 46.2 Å². The number of rotatable bonds is 9. The number of nitrogens with one attached hydrogen (secondary N) is 1. The first kappa shape index (κ1) is 24.3. The Morgan fingerprint density at radius 1 is 1.14 bits per heavy atom. The molecule has 1 N–H and O–H groups in total. The van der Waals surface area contributed by atoms with Crippen LogP contribution in [0.15, 0.2) is 38.2 Å². The molecular weight excluding hydrogens is 525 g/mol. The minimum Gasteiger partial charge on any atom is -0.462 e. The molecule has 0 aliphatic heterocycles. The lowest BCUT2D eigenvalue weighted by Crippen LogP contribution is -2.17. The predicted molar refractivity (Wildman–Crippen MR) is 140 cm³/mol. The van der Waals surface area contributed by atoms with Crippen molar-refractivity contribution >= 4 is 73.3 Å². The van der Waals surface area contributed by atoms with Gasteiger partial charge in [0.15, 0.2) is 4.34 Å². The molecule has 12 heteroatoms. The Morgan fingerprint density at radius 2 is 2.00 bits per heavy atom. The zero-order valence-electron chi connectivity index (χ0n) is 18.9. The van der Waals surface area contributed by atoms with Gasteiger partial charge in [-0.15, -0.1) is 32.9 Å². The number of aryl methyl sites for hydroxylation is 1. The number of esters is 1. The van der Waals surface area contributed by atoms with E-state index in [0.29, 0.717) is 34.0 Å². The van der Waals surface area contributed by atoms with E-state index in [4.69, 9.17) is 9.15 Å². The summed E-state index contributed by atoms with van der Waals surface area (Å²) in [5.41, 5.74) is 2.51. The third-order valence-electron chi connectivity index (χ3n) is 5.27. The van der Waals surface area contributed by atoms with Crippen LogP contribution in [0.3, 0.4) is 0 Å². The number of carbonyl (C=O) groups is 2. The Labute approximate surface area is 218 Å². The highest BCUT2D eigenvalue weighted by Gasteiger charge is 2.27. The molecule has 5 rings (SSSR count). The highest BCUT2D eigenvalue weighted by molar-refractivity contribution is 8.00. The molecule has 35 heavy (non-hydrogen) atoms. The van der Waals surface area contributed by atoms with Gasteiger partial charge < -0.3 is 14.5 Å². The zero-order chi connectivity index (χ0) is 24.2. The van der Waals surface area contributed by atoms with Gasteiger partial charge in [0.1, 0.15) is 5.00 Å². The normalized spacial score (nSPS) is 13.1. The molecule has 1 aromatic carbocycles. The smallest absolute Gasteiger partial charge is 0.341 e. The van der Waals surface area contributed by atoms with Gasteiger partial charge in [0.2, 0.25) is 11.8 Å². The lowest BCUT2D eigenvalue weighted by molar-refractivity contribution is -0.113. The minimum atomic E-state index is -0.373. The van der Waals surface area contributed by atoms with E-state index in [1.54, 1.807) is 30.0 Å². The summed E-state index contributed by atoms with van der Waals surface area (Å²) in [5, 5.41) is 11.9. The number of hydrogen-bond acceptors (Lipinski definition) is 11. The van der Waals surface area contributed by atoms with Crippen molar-refractivity contribution in [2.75, 3.05) is 17.7 Å². The molecule has 3 aromatic heterocycles. The number of carbonyl (C=O) groups excluding carboxylic acids is 2. The van der Waals surface area contributed by atoms with Crippen molar-refractivity contribution in [3.8, 4) is 0 Å². The highest BCUT2D eigenvalue weighted by Crippen LogP contribution is 2.39. The summed E-state index contributed by atoms with van der Waals surface area (Å²) in [5.74, 6) is 0.471. The first-order valence-electron chi connectivity index (χ1n) is 11.2. The average molecular weight is 547 g/mol. The first-order valence-corrected chi connectivity index (χ1v) is 14.8. The molecular formula is C23H22N4O4S4. The van der Waals surface area contributed by atoms with Crippen LogP contribution in [0.25, 0.3) is 10.2 Å². The maximum Gasteiger partial charge on any atom is 0.341 e. The van der Waals surface area contributed by atoms with Gasteiger partial charge in [-0.05, 0) is 50.3 Å². The lowest BCUT2D eigenvalue weighted by Gasteiger charge is -2.12. The van der Waals surface area contributed by atoms with Gasteiger partial charge >= 0.3 is 5.97 Å². The van der Waals surface area contributed by atoms with E-state index in [9.17, 15) is 9.59 Å². The van der Waals surface area contributed by atoms with Crippen LogP contribution in [0.1, 0.15) is 46.5 Å². The molecule has 4 aromatic rings. The van der Waals surface area contributed by atoms with E-state index in [1.807, 2.05) is 24.3 Å². The largest absolute Gasteiger partial charge is 0.462 e. The summed E-state index contributed by atoms with van der Waals surface area (Å²) < 4.78 is 13.0. The summed E-state index contributed by atoms with van der Waals surface area (Å²) in [7, 11) is 0. The summed E-state index contributed by atoms with van der Waals surface area (Å²) in [6.07, 6.45) is 3.90. The molecule has 1 aliphatic rings. The quantitative estimate of drug-likeness (QED) is 0.205. The van der Waals surface area contributed by atoms with Crippen molar-refractivity contribution < 1.29 is 18.7 Å². The maximum atomic E-state index is 12.7. The Balaban J connectivity index is 1.17. The molecule has 0 spiro atoms. The van der Waals surface area contributed by atoms with E-state index in [0.717, 1.165) is 50.7 Å². The average Bonchev–Trinajstić information content (AvgIpc) is 3.57. The predicted octanol–water partition coefficient (Wildman–Crippen LogP) is 5.82. The number of benzene rings is 1. The van der Waals surface area contributed by atoms with E-state index < -0.39 is 0 Å². The third kappa shape index (κ3) is 5.71. The summed E-state index contributed by atoms with van der Waals surface area (Å²) >= 11 is 5.81. The van der Waals surface area contributed by atoms with Gasteiger partial charge in [0, 0.05) is 4.88 Å². The fourth-order valence-electron chi connectivity index (χ4n) is 3.75. The molecule has 3 heterocycles. The molecule has 0 saturated heterocycles. The SMILES string of the molecule is CCOC(=O)c1c(NC(=O)CSc2nnc(CSc3nc4ccccc4s3)o2)sc2c1CCCC2. The molecule has 0 saturated carbocycles. The third-order valence-corrected chi connectivity index (χ3v) is 9.46. The van der Waals surface area contributed by atoms with Crippen LogP contribution in [0.2, 0.25) is 0 Å². The molecule has 0 fully saturated rings. The summed E-state index contributed by atoms with van der Waals surface area (Å²) in [6, 6.07) is 8.00. The van der Waals surface area contributed by atoms with Crippen LogP contribution < -0.4 is 5.32 Å². The van der Waals surface area contributed by atoms with Crippen molar-refractivity contribution in [2.24, 2.45) is 0 Å².